The quantitative estimate of drug-likeness (QED) is 0.916. The highest BCUT2D eigenvalue weighted by Gasteiger charge is 2.42. The maximum absolute atomic E-state index is 5.66. The highest BCUT2D eigenvalue weighted by Crippen LogP contribution is 2.31. The Hall–Kier alpha value is -1.72. The molecule has 1 aromatic carbocycles. The summed E-state index contributed by atoms with van der Waals surface area (Å²) in [5, 5.41) is 4.53. The molecule has 5 nitrogen and oxygen atoms in total. The molecule has 112 valence electrons. The van der Waals surface area contributed by atoms with E-state index in [2.05, 4.69) is 28.3 Å². The van der Waals surface area contributed by atoms with Crippen LogP contribution in [0.3, 0.4) is 0 Å². The van der Waals surface area contributed by atoms with Crippen molar-refractivity contribution in [1.29, 1.82) is 0 Å². The first-order chi connectivity index (χ1) is 10.2. The van der Waals surface area contributed by atoms with Crippen LogP contribution in [0, 0.1) is 6.92 Å². The molecule has 0 bridgehead atoms. The molecule has 2 aromatic rings. The summed E-state index contributed by atoms with van der Waals surface area (Å²) in [6, 6.07) is 6.37. The van der Waals surface area contributed by atoms with Gasteiger partial charge >= 0.3 is 0 Å². The normalized spacial score (nSPS) is 24.8. The third kappa shape index (κ3) is 2.59. The van der Waals surface area contributed by atoms with Crippen LogP contribution in [0.1, 0.15) is 18.9 Å². The van der Waals surface area contributed by atoms with Crippen molar-refractivity contribution in [2.75, 3.05) is 19.0 Å². The van der Waals surface area contributed by atoms with E-state index in [4.69, 9.17) is 9.47 Å². The highest BCUT2D eigenvalue weighted by molar-refractivity contribution is 5.90. The first kappa shape index (κ1) is 14.2. The van der Waals surface area contributed by atoms with Gasteiger partial charge < -0.3 is 14.8 Å². The maximum Gasteiger partial charge on any atom is 0.137 e. The molecule has 3 rings (SSSR count). The third-order valence-corrected chi connectivity index (χ3v) is 4.09. The molecule has 0 radical (unpaired) electrons. The molecule has 1 aliphatic rings. The molecule has 1 heterocycles. The third-order valence-electron chi connectivity index (χ3n) is 4.09. The van der Waals surface area contributed by atoms with E-state index in [9.17, 15) is 0 Å². The van der Waals surface area contributed by atoms with Crippen LogP contribution in [0.5, 0.6) is 0 Å². The molecule has 21 heavy (non-hydrogen) atoms. The van der Waals surface area contributed by atoms with Crippen LogP contribution in [-0.2, 0) is 9.47 Å². The predicted molar refractivity (Wildman–Crippen MR) is 82.5 cm³/mol. The average molecular weight is 287 g/mol. The number of aromatic nitrogens is 2. The number of hydrogen-bond acceptors (Lipinski definition) is 5. The lowest BCUT2D eigenvalue weighted by molar-refractivity contribution is -0.118. The van der Waals surface area contributed by atoms with Crippen LogP contribution in [0.25, 0.3) is 10.9 Å². The van der Waals surface area contributed by atoms with Crippen LogP contribution in [0.4, 0.5) is 5.82 Å². The maximum atomic E-state index is 5.66. The predicted octanol–water partition coefficient (Wildman–Crippen LogP) is 2.54. The van der Waals surface area contributed by atoms with Crippen LogP contribution in [0.15, 0.2) is 24.5 Å². The van der Waals surface area contributed by atoms with E-state index in [-0.39, 0.29) is 18.2 Å². The number of hydrogen-bond donors (Lipinski definition) is 1. The zero-order valence-electron chi connectivity index (χ0n) is 12.7. The monoisotopic (exact) mass is 287 g/mol. The molecule has 0 amide bonds. The number of ether oxygens (including phenoxy) is 2. The van der Waals surface area contributed by atoms with Crippen LogP contribution >= 0.6 is 0 Å². The summed E-state index contributed by atoms with van der Waals surface area (Å²) in [5.74, 6) is 0.866. The molecule has 1 saturated carbocycles. The molecule has 0 aliphatic heterocycles. The molecule has 0 saturated heterocycles. The van der Waals surface area contributed by atoms with E-state index in [1.54, 1.807) is 13.4 Å². The van der Waals surface area contributed by atoms with Gasteiger partial charge in [0.15, 0.2) is 0 Å². The Balaban J connectivity index is 1.81. The summed E-state index contributed by atoms with van der Waals surface area (Å²) >= 11 is 0. The van der Waals surface area contributed by atoms with Gasteiger partial charge in [0.2, 0.25) is 0 Å². The van der Waals surface area contributed by atoms with Crippen molar-refractivity contribution in [3.8, 4) is 0 Å². The highest BCUT2D eigenvalue weighted by atomic mass is 16.5. The van der Waals surface area contributed by atoms with Gasteiger partial charge in [-0.15, -0.1) is 0 Å². The minimum absolute atomic E-state index is 0.0692. The Kier molecular flexibility index (Phi) is 4.03. The van der Waals surface area contributed by atoms with E-state index < -0.39 is 0 Å². The minimum Gasteiger partial charge on any atom is -0.377 e. The number of para-hydroxylation sites is 1. The zero-order valence-corrected chi connectivity index (χ0v) is 12.7. The molecule has 0 spiro atoms. The topological polar surface area (TPSA) is 56.3 Å². The molecule has 1 N–H and O–H groups in total. The standard InChI is InChI=1S/C16H21N3O2/c1-4-21-13-8-12(15(13)20-3)19-16-11-7-5-6-10(2)14(11)17-9-18-16/h5-7,9,12-13,15H,4,8H2,1-3H3,(H,17,18,19)/t12-,13-,15+/m1/s1. The summed E-state index contributed by atoms with van der Waals surface area (Å²) in [5.41, 5.74) is 2.15. The Labute approximate surface area is 124 Å². The second kappa shape index (κ2) is 5.95. The number of rotatable bonds is 5. The van der Waals surface area contributed by atoms with Crippen molar-refractivity contribution >= 4 is 16.7 Å². The lowest BCUT2D eigenvalue weighted by Crippen LogP contribution is -2.56. The zero-order chi connectivity index (χ0) is 14.8. The van der Waals surface area contributed by atoms with Gasteiger partial charge in [0.25, 0.3) is 0 Å². The molecule has 1 fully saturated rings. The molecule has 0 unspecified atom stereocenters. The van der Waals surface area contributed by atoms with Gasteiger partial charge in [0.1, 0.15) is 18.2 Å². The number of anilines is 1. The van der Waals surface area contributed by atoms with E-state index in [1.807, 2.05) is 19.1 Å². The lowest BCUT2D eigenvalue weighted by atomic mass is 9.85. The van der Waals surface area contributed by atoms with Gasteiger partial charge in [-0.05, 0) is 31.9 Å². The number of fused-ring (bicyclic) bond motifs is 1. The van der Waals surface area contributed by atoms with Gasteiger partial charge in [-0.1, -0.05) is 12.1 Å². The van der Waals surface area contributed by atoms with Gasteiger partial charge in [0, 0.05) is 19.1 Å². The molecule has 3 atom stereocenters. The second-order valence-corrected chi connectivity index (χ2v) is 5.37. The summed E-state index contributed by atoms with van der Waals surface area (Å²) in [7, 11) is 1.73. The van der Waals surface area contributed by atoms with Gasteiger partial charge in [-0.3, -0.25) is 0 Å². The minimum atomic E-state index is 0.0692. The van der Waals surface area contributed by atoms with E-state index in [1.165, 1.54) is 0 Å². The average Bonchev–Trinajstić information content (AvgIpc) is 2.47. The van der Waals surface area contributed by atoms with Crippen molar-refractivity contribution < 1.29 is 9.47 Å². The summed E-state index contributed by atoms with van der Waals surface area (Å²) in [6.07, 6.45) is 2.79. The van der Waals surface area contributed by atoms with E-state index in [0.29, 0.717) is 6.61 Å². The molecule has 1 aliphatic carbocycles. The van der Waals surface area contributed by atoms with Crippen molar-refractivity contribution in [2.24, 2.45) is 0 Å². The van der Waals surface area contributed by atoms with E-state index >= 15 is 0 Å². The molecular formula is C16H21N3O2. The van der Waals surface area contributed by atoms with Crippen molar-refractivity contribution in [3.63, 3.8) is 0 Å². The smallest absolute Gasteiger partial charge is 0.137 e. The summed E-state index contributed by atoms with van der Waals surface area (Å²) in [4.78, 5) is 8.76. The molecular weight excluding hydrogens is 266 g/mol. The largest absolute Gasteiger partial charge is 0.377 e. The first-order valence-corrected chi connectivity index (χ1v) is 7.35. The number of benzene rings is 1. The summed E-state index contributed by atoms with van der Waals surface area (Å²) in [6.45, 7) is 4.78. The van der Waals surface area contributed by atoms with Crippen molar-refractivity contribution in [2.45, 2.75) is 38.5 Å². The SMILES string of the molecule is CCO[C@@H]1C[C@@H](Nc2ncnc3c(C)cccc23)[C@@H]1OC. The second-order valence-electron chi connectivity index (χ2n) is 5.37. The first-order valence-electron chi connectivity index (χ1n) is 7.35. The van der Waals surface area contributed by atoms with Crippen LogP contribution in [0.2, 0.25) is 0 Å². The lowest BCUT2D eigenvalue weighted by Gasteiger charge is -2.43. The number of aryl methyl sites for hydroxylation is 1. The van der Waals surface area contributed by atoms with Crippen LogP contribution < -0.4 is 5.32 Å². The van der Waals surface area contributed by atoms with Crippen molar-refractivity contribution in [1.82, 2.24) is 9.97 Å². The van der Waals surface area contributed by atoms with Gasteiger partial charge in [-0.2, -0.15) is 0 Å². The fourth-order valence-corrected chi connectivity index (χ4v) is 2.94. The molecule has 1 aromatic heterocycles. The number of nitrogens with one attached hydrogen (secondary N) is 1. The summed E-state index contributed by atoms with van der Waals surface area (Å²) < 4.78 is 11.2. The van der Waals surface area contributed by atoms with E-state index in [0.717, 1.165) is 28.7 Å². The Bertz CT molecular complexity index is 632. The van der Waals surface area contributed by atoms with Gasteiger partial charge in [-0.25, -0.2) is 9.97 Å². The Morgan fingerprint density at radius 2 is 2.19 bits per heavy atom. The Morgan fingerprint density at radius 3 is 2.95 bits per heavy atom. The Morgan fingerprint density at radius 1 is 1.33 bits per heavy atom. The van der Waals surface area contributed by atoms with Crippen LogP contribution in [-0.4, -0.2) is 41.9 Å². The van der Waals surface area contributed by atoms with Gasteiger partial charge in [0.05, 0.1) is 17.7 Å². The molecule has 5 heteroatoms. The fourth-order valence-electron chi connectivity index (χ4n) is 2.94. The fraction of sp³-hybridized carbons (Fsp3) is 0.500. The number of nitrogens with zero attached hydrogens (tertiary/aromatic N) is 2. The van der Waals surface area contributed by atoms with Crippen molar-refractivity contribution in [3.05, 3.63) is 30.1 Å². The number of methoxy groups -OCH3 is 1.